The van der Waals surface area contributed by atoms with E-state index in [0.717, 1.165) is 0 Å². The van der Waals surface area contributed by atoms with Crippen LogP contribution in [0, 0.1) is 0 Å². The van der Waals surface area contributed by atoms with Gasteiger partial charge in [-0.05, 0) is 0 Å². The highest BCUT2D eigenvalue weighted by molar-refractivity contribution is 5.67. The van der Waals surface area contributed by atoms with Crippen LogP contribution in [0.5, 0.6) is 0 Å². The summed E-state index contributed by atoms with van der Waals surface area (Å²) < 4.78 is 4.48. The summed E-state index contributed by atoms with van der Waals surface area (Å²) in [5.41, 5.74) is 0. The Morgan fingerprint density at radius 1 is 1.06 bits per heavy atom. The second kappa shape index (κ2) is 7.49. The van der Waals surface area contributed by atoms with Crippen molar-refractivity contribution in [3.05, 3.63) is 0 Å². The second-order valence-electron chi connectivity index (χ2n) is 3.21. The van der Waals surface area contributed by atoms with Crippen LogP contribution < -0.4 is 0 Å². The van der Waals surface area contributed by atoms with Crippen molar-refractivity contribution in [1.29, 1.82) is 0 Å². The first-order valence-corrected chi connectivity index (χ1v) is 4.52. The lowest BCUT2D eigenvalue weighted by Gasteiger charge is -2.25. The molecule has 0 bridgehead atoms. The number of ether oxygens (including phenoxy) is 1. The van der Waals surface area contributed by atoms with Crippen molar-refractivity contribution in [2.45, 2.75) is 24.4 Å². The minimum absolute atomic E-state index is 0.511. The minimum atomic E-state index is -1.74. The molecule has 0 saturated carbocycles. The largest absolute Gasteiger partial charge is 0.480 e. The fourth-order valence-corrected chi connectivity index (χ4v) is 0.929. The Kier molecular flexibility index (Phi) is 7.13. The van der Waals surface area contributed by atoms with E-state index in [0.29, 0.717) is 0 Å². The predicted molar refractivity (Wildman–Crippen MR) is 49.6 cm³/mol. The fourth-order valence-electron chi connectivity index (χ4n) is 0.929. The number of carboxylic acids is 1. The fraction of sp³-hybridized carbons (Fsp3) is 0.875. The van der Waals surface area contributed by atoms with E-state index in [1.54, 1.807) is 0 Å². The minimum Gasteiger partial charge on any atom is -0.480 e. The van der Waals surface area contributed by atoms with Gasteiger partial charge in [-0.3, -0.25) is 0 Å². The molecule has 0 aromatic carbocycles. The highest BCUT2D eigenvalue weighted by Gasteiger charge is 2.30. The van der Waals surface area contributed by atoms with Crippen LogP contribution in [-0.4, -0.2) is 80.8 Å². The van der Waals surface area contributed by atoms with E-state index in [1.165, 1.54) is 0 Å². The molecule has 0 spiro atoms. The number of aliphatic carboxylic acids is 1. The average molecular weight is 240 g/mol. The zero-order chi connectivity index (χ0) is 12.7. The number of carbonyl (C=O) groups is 1. The molecular weight excluding hydrogens is 224 g/mol. The highest BCUT2D eigenvalue weighted by atomic mass is 16.5. The lowest BCUT2D eigenvalue weighted by atomic mass is 10.0. The maximum atomic E-state index is 10.0. The number of rotatable bonds is 8. The molecule has 8 heteroatoms. The zero-order valence-electron chi connectivity index (χ0n) is 8.43. The van der Waals surface area contributed by atoms with Gasteiger partial charge in [-0.1, -0.05) is 0 Å². The summed E-state index contributed by atoms with van der Waals surface area (Å²) in [6.07, 6.45) is -6.64. The molecule has 96 valence electrons. The molecule has 16 heavy (non-hydrogen) atoms. The molecule has 0 amide bonds. The van der Waals surface area contributed by atoms with Crippen LogP contribution in [-0.2, 0) is 9.53 Å². The summed E-state index contributed by atoms with van der Waals surface area (Å²) in [7, 11) is 0. The van der Waals surface area contributed by atoms with Gasteiger partial charge >= 0.3 is 5.97 Å². The van der Waals surface area contributed by atoms with Gasteiger partial charge in [0.05, 0.1) is 13.2 Å². The summed E-state index contributed by atoms with van der Waals surface area (Å²) in [6, 6.07) is 0. The van der Waals surface area contributed by atoms with E-state index in [2.05, 4.69) is 4.74 Å². The summed E-state index contributed by atoms with van der Waals surface area (Å²) in [5, 5.41) is 53.3. The van der Waals surface area contributed by atoms with Gasteiger partial charge in [-0.2, -0.15) is 0 Å². The Morgan fingerprint density at radius 2 is 1.56 bits per heavy atom. The van der Waals surface area contributed by atoms with Crippen LogP contribution >= 0.6 is 0 Å². The maximum absolute atomic E-state index is 10.0. The Hall–Kier alpha value is -0.770. The van der Waals surface area contributed by atoms with E-state index < -0.39 is 50.2 Å². The maximum Gasteiger partial charge on any atom is 0.329 e. The first-order valence-electron chi connectivity index (χ1n) is 4.52. The molecule has 0 fully saturated rings. The smallest absolute Gasteiger partial charge is 0.329 e. The topological polar surface area (TPSA) is 148 Å². The normalized spacial score (nSPS) is 18.8. The van der Waals surface area contributed by atoms with E-state index in [1.807, 2.05) is 0 Å². The standard InChI is InChI=1S/C8H16O8/c9-1-4(10)7(14)8(15)5(11)2-16-3-6(12)13/h4-5,7-11,14-15H,1-3H2,(H,12,13)/t4-,5-,7-,8-/m1/s1. The van der Waals surface area contributed by atoms with Crippen LogP contribution in [0.4, 0.5) is 0 Å². The molecule has 4 atom stereocenters. The average Bonchev–Trinajstić information content (AvgIpc) is 2.25. The molecule has 0 aliphatic heterocycles. The summed E-state index contributed by atoms with van der Waals surface area (Å²) in [6.45, 7) is -1.94. The third kappa shape index (κ3) is 5.35. The first kappa shape index (κ1) is 15.2. The van der Waals surface area contributed by atoms with Gasteiger partial charge in [0, 0.05) is 0 Å². The molecular formula is C8H16O8. The molecule has 0 aliphatic rings. The van der Waals surface area contributed by atoms with E-state index in [9.17, 15) is 20.1 Å². The predicted octanol–water partition coefficient (Wildman–Crippen LogP) is -3.48. The van der Waals surface area contributed by atoms with Gasteiger partial charge in [0.1, 0.15) is 31.0 Å². The summed E-state index contributed by atoms with van der Waals surface area (Å²) >= 11 is 0. The van der Waals surface area contributed by atoms with Crippen molar-refractivity contribution in [2.24, 2.45) is 0 Å². The van der Waals surface area contributed by atoms with E-state index in [4.69, 9.17) is 15.3 Å². The Labute approximate surface area is 91.3 Å². The van der Waals surface area contributed by atoms with Crippen molar-refractivity contribution in [2.75, 3.05) is 19.8 Å². The van der Waals surface area contributed by atoms with E-state index in [-0.39, 0.29) is 0 Å². The molecule has 8 nitrogen and oxygen atoms in total. The van der Waals surface area contributed by atoms with Crippen molar-refractivity contribution in [3.8, 4) is 0 Å². The SMILES string of the molecule is O=C(O)COC[C@@H](O)[C@@H](O)[C@H](O)[C@H](O)CO. The molecule has 0 unspecified atom stereocenters. The number of carboxylic acid groups (broad SMARTS) is 1. The molecule has 0 rings (SSSR count). The zero-order valence-corrected chi connectivity index (χ0v) is 8.43. The Balaban J connectivity index is 3.97. The van der Waals surface area contributed by atoms with Crippen LogP contribution in [0.15, 0.2) is 0 Å². The molecule has 0 aromatic rings. The van der Waals surface area contributed by atoms with Crippen molar-refractivity contribution < 1.29 is 40.2 Å². The van der Waals surface area contributed by atoms with Crippen molar-refractivity contribution >= 4 is 5.97 Å². The van der Waals surface area contributed by atoms with Crippen LogP contribution in [0.1, 0.15) is 0 Å². The van der Waals surface area contributed by atoms with Crippen molar-refractivity contribution in [3.63, 3.8) is 0 Å². The third-order valence-corrected chi connectivity index (χ3v) is 1.84. The highest BCUT2D eigenvalue weighted by Crippen LogP contribution is 2.05. The molecule has 0 saturated heterocycles. The monoisotopic (exact) mass is 240 g/mol. The van der Waals surface area contributed by atoms with Crippen LogP contribution in [0.2, 0.25) is 0 Å². The molecule has 6 N–H and O–H groups in total. The Morgan fingerprint density at radius 3 is 2.00 bits per heavy atom. The van der Waals surface area contributed by atoms with Crippen LogP contribution in [0.25, 0.3) is 0 Å². The first-order chi connectivity index (χ1) is 7.40. The Bertz CT molecular complexity index is 208. The van der Waals surface area contributed by atoms with Gasteiger partial charge in [0.15, 0.2) is 0 Å². The molecule has 0 aromatic heterocycles. The third-order valence-electron chi connectivity index (χ3n) is 1.84. The number of aliphatic hydroxyl groups excluding tert-OH is 5. The van der Waals surface area contributed by atoms with Crippen molar-refractivity contribution in [1.82, 2.24) is 0 Å². The lowest BCUT2D eigenvalue weighted by molar-refractivity contribution is -0.148. The van der Waals surface area contributed by atoms with Gasteiger partial charge in [0.2, 0.25) is 0 Å². The van der Waals surface area contributed by atoms with Gasteiger partial charge in [-0.25, -0.2) is 4.79 Å². The van der Waals surface area contributed by atoms with E-state index >= 15 is 0 Å². The van der Waals surface area contributed by atoms with Gasteiger partial charge in [-0.15, -0.1) is 0 Å². The lowest BCUT2D eigenvalue weighted by Crippen LogP contribution is -2.47. The van der Waals surface area contributed by atoms with Gasteiger partial charge in [0.25, 0.3) is 0 Å². The quantitative estimate of drug-likeness (QED) is 0.256. The summed E-state index contributed by atoms with van der Waals surface area (Å²) in [4.78, 5) is 10.0. The molecule has 0 radical (unpaired) electrons. The number of aliphatic hydroxyl groups is 5. The summed E-state index contributed by atoms with van der Waals surface area (Å²) in [5.74, 6) is -1.24. The second-order valence-corrected chi connectivity index (χ2v) is 3.21. The molecule has 0 heterocycles. The number of hydrogen-bond acceptors (Lipinski definition) is 7. The number of hydrogen-bond donors (Lipinski definition) is 6. The van der Waals surface area contributed by atoms with Crippen LogP contribution in [0.3, 0.4) is 0 Å². The van der Waals surface area contributed by atoms with Gasteiger partial charge < -0.3 is 35.4 Å². The molecule has 0 aliphatic carbocycles.